The zero-order chi connectivity index (χ0) is 14.7. The largest absolute Gasteiger partial charge is 0.394 e. The van der Waals surface area contributed by atoms with Crippen molar-refractivity contribution in [3.63, 3.8) is 0 Å². The molecule has 7 atom stereocenters. The van der Waals surface area contributed by atoms with E-state index >= 15 is 0 Å². The molecule has 112 valence electrons. The van der Waals surface area contributed by atoms with E-state index in [1.807, 2.05) is 0 Å². The maximum Gasteiger partial charge on any atom is 0.195 e. The average Bonchev–Trinajstić information content (AvgIpc) is 2.42. The van der Waals surface area contributed by atoms with Gasteiger partial charge in [-0.25, -0.2) is 0 Å². The zero-order valence-corrected chi connectivity index (χ0v) is 9.90. The zero-order valence-electron chi connectivity index (χ0n) is 9.90. The third-order valence-electron chi connectivity index (χ3n) is 3.02. The number of ketones is 1. The minimum absolute atomic E-state index is 0.715. The van der Waals surface area contributed by atoms with Crippen molar-refractivity contribution in [1.82, 2.24) is 0 Å². The fourth-order valence-corrected chi connectivity index (χ4v) is 1.79. The van der Waals surface area contributed by atoms with E-state index in [4.69, 9.17) is 20.1 Å². The Balaban J connectivity index is 2.84. The quantitative estimate of drug-likeness (QED) is 0.261. The van der Waals surface area contributed by atoms with Gasteiger partial charge >= 0.3 is 0 Å². The molecule has 0 aliphatic carbocycles. The van der Waals surface area contributed by atoms with E-state index in [0.29, 0.717) is 0 Å². The summed E-state index contributed by atoms with van der Waals surface area (Å²) in [6, 6.07) is 0. The van der Waals surface area contributed by atoms with Crippen molar-refractivity contribution in [1.29, 1.82) is 0 Å². The van der Waals surface area contributed by atoms with Crippen molar-refractivity contribution >= 4 is 5.78 Å². The van der Waals surface area contributed by atoms with Crippen LogP contribution in [-0.4, -0.2) is 97.5 Å². The summed E-state index contributed by atoms with van der Waals surface area (Å²) >= 11 is 0. The Morgan fingerprint density at radius 3 is 2.11 bits per heavy atom. The van der Waals surface area contributed by atoms with Crippen LogP contribution in [0.3, 0.4) is 0 Å². The molecule has 0 aromatic rings. The highest BCUT2D eigenvalue weighted by molar-refractivity contribution is 5.88. The van der Waals surface area contributed by atoms with Crippen molar-refractivity contribution in [3.05, 3.63) is 0 Å². The van der Waals surface area contributed by atoms with Crippen LogP contribution < -0.4 is 0 Å². The molecule has 0 bridgehead atoms. The molecule has 1 rings (SSSR count). The highest BCUT2D eigenvalue weighted by Gasteiger charge is 2.48. The SMILES string of the molecule is O=C(C1O[C@H](CO)[C@@H](O)[C@H](O)[C@H]1O)[C@H](O)[C@H](O)CO. The summed E-state index contributed by atoms with van der Waals surface area (Å²) in [5.41, 5.74) is 0. The molecule has 0 amide bonds. The van der Waals surface area contributed by atoms with Gasteiger partial charge in [0, 0.05) is 0 Å². The van der Waals surface area contributed by atoms with E-state index in [1.54, 1.807) is 0 Å². The normalized spacial score (nSPS) is 38.8. The highest BCUT2D eigenvalue weighted by atomic mass is 16.5. The van der Waals surface area contributed by atoms with Crippen molar-refractivity contribution in [2.45, 2.75) is 42.7 Å². The molecular weight excluding hydrogens is 264 g/mol. The second-order valence-corrected chi connectivity index (χ2v) is 4.35. The molecule has 0 spiro atoms. The van der Waals surface area contributed by atoms with E-state index in [-0.39, 0.29) is 0 Å². The molecular formula is C10H18O9. The van der Waals surface area contributed by atoms with E-state index in [1.165, 1.54) is 0 Å². The first kappa shape index (κ1) is 16.4. The van der Waals surface area contributed by atoms with Gasteiger partial charge in [-0.15, -0.1) is 0 Å². The van der Waals surface area contributed by atoms with Crippen LogP contribution in [-0.2, 0) is 9.53 Å². The molecule has 1 aliphatic rings. The predicted octanol–water partition coefficient (Wildman–Crippen LogP) is -4.89. The molecule has 1 fully saturated rings. The lowest BCUT2D eigenvalue weighted by Gasteiger charge is -2.40. The first-order chi connectivity index (χ1) is 8.84. The Kier molecular flexibility index (Phi) is 5.77. The number of carbonyl (C=O) groups is 1. The molecule has 1 unspecified atom stereocenters. The van der Waals surface area contributed by atoms with Crippen LogP contribution in [0.5, 0.6) is 0 Å². The second-order valence-electron chi connectivity index (χ2n) is 4.35. The average molecular weight is 282 g/mol. The minimum atomic E-state index is -2.02. The number of rotatable bonds is 5. The Hall–Kier alpha value is -0.650. The van der Waals surface area contributed by atoms with Gasteiger partial charge in [-0.3, -0.25) is 4.79 Å². The van der Waals surface area contributed by atoms with E-state index in [2.05, 4.69) is 0 Å². The Morgan fingerprint density at radius 1 is 1.05 bits per heavy atom. The molecule has 7 N–H and O–H groups in total. The molecule has 19 heavy (non-hydrogen) atoms. The van der Waals surface area contributed by atoms with Crippen LogP contribution in [0.15, 0.2) is 0 Å². The number of aliphatic hydroxyl groups excluding tert-OH is 7. The maximum absolute atomic E-state index is 11.7. The molecule has 1 aliphatic heterocycles. The van der Waals surface area contributed by atoms with Gasteiger partial charge in [0.05, 0.1) is 13.2 Å². The molecule has 9 heteroatoms. The lowest BCUT2D eigenvalue weighted by Crippen LogP contribution is -2.62. The van der Waals surface area contributed by atoms with Crippen LogP contribution in [0.2, 0.25) is 0 Å². The molecule has 0 radical (unpaired) electrons. The molecule has 1 saturated heterocycles. The summed E-state index contributed by atoms with van der Waals surface area (Å²) in [7, 11) is 0. The summed E-state index contributed by atoms with van der Waals surface area (Å²) in [5, 5.41) is 64.6. The van der Waals surface area contributed by atoms with Gasteiger partial charge in [0.25, 0.3) is 0 Å². The van der Waals surface area contributed by atoms with Gasteiger partial charge < -0.3 is 40.5 Å². The Labute approximate surface area is 108 Å². The van der Waals surface area contributed by atoms with Gasteiger partial charge in [-0.1, -0.05) is 0 Å². The number of Topliss-reactive ketones (excluding diaryl/α,β-unsaturated/α-hetero) is 1. The molecule has 9 nitrogen and oxygen atoms in total. The summed E-state index contributed by atoms with van der Waals surface area (Å²) in [4.78, 5) is 11.7. The van der Waals surface area contributed by atoms with Crippen molar-refractivity contribution in [2.75, 3.05) is 13.2 Å². The molecule has 0 saturated carbocycles. The smallest absolute Gasteiger partial charge is 0.195 e. The number of aliphatic hydroxyl groups is 7. The van der Waals surface area contributed by atoms with E-state index in [9.17, 15) is 25.2 Å². The monoisotopic (exact) mass is 282 g/mol. The van der Waals surface area contributed by atoms with E-state index < -0.39 is 61.7 Å². The van der Waals surface area contributed by atoms with Gasteiger partial charge in [-0.05, 0) is 0 Å². The first-order valence-electron chi connectivity index (χ1n) is 5.66. The fraction of sp³-hybridized carbons (Fsp3) is 0.900. The van der Waals surface area contributed by atoms with Gasteiger partial charge in [0.1, 0.15) is 42.7 Å². The highest BCUT2D eigenvalue weighted by Crippen LogP contribution is 2.23. The van der Waals surface area contributed by atoms with Gasteiger partial charge in [0.15, 0.2) is 5.78 Å². The maximum atomic E-state index is 11.7. The van der Waals surface area contributed by atoms with Gasteiger partial charge in [0.2, 0.25) is 0 Å². The lowest BCUT2D eigenvalue weighted by molar-refractivity contribution is -0.230. The summed E-state index contributed by atoms with van der Waals surface area (Å²) in [6.07, 6.45) is -12.0. The standard InChI is InChI=1S/C10H18O9/c11-1-3(13)5(14)8(17)10-9(18)7(16)6(15)4(2-12)19-10/h3-7,9-16,18H,1-2H2/t3-,4-,5-,6-,7+,9-,10?/m1/s1. The van der Waals surface area contributed by atoms with Crippen LogP contribution in [0.25, 0.3) is 0 Å². The third-order valence-corrected chi connectivity index (χ3v) is 3.02. The van der Waals surface area contributed by atoms with Crippen molar-refractivity contribution < 1.29 is 45.3 Å². The Morgan fingerprint density at radius 2 is 1.63 bits per heavy atom. The lowest BCUT2D eigenvalue weighted by atomic mass is 9.90. The summed E-state index contributed by atoms with van der Waals surface area (Å²) < 4.78 is 4.90. The molecule has 1 heterocycles. The summed E-state index contributed by atoms with van der Waals surface area (Å²) in [6.45, 7) is -1.60. The third kappa shape index (κ3) is 3.27. The number of ether oxygens (including phenoxy) is 1. The topological polar surface area (TPSA) is 168 Å². The van der Waals surface area contributed by atoms with E-state index in [0.717, 1.165) is 0 Å². The summed E-state index contributed by atoms with van der Waals surface area (Å²) in [5.74, 6) is -1.17. The van der Waals surface area contributed by atoms with Crippen LogP contribution in [0, 0.1) is 0 Å². The van der Waals surface area contributed by atoms with Crippen molar-refractivity contribution in [3.8, 4) is 0 Å². The van der Waals surface area contributed by atoms with Crippen LogP contribution >= 0.6 is 0 Å². The first-order valence-corrected chi connectivity index (χ1v) is 5.66. The number of carbonyl (C=O) groups excluding carboxylic acids is 1. The number of hydrogen-bond donors (Lipinski definition) is 7. The van der Waals surface area contributed by atoms with Gasteiger partial charge in [-0.2, -0.15) is 0 Å². The van der Waals surface area contributed by atoms with Crippen LogP contribution in [0.1, 0.15) is 0 Å². The molecule has 0 aromatic carbocycles. The predicted molar refractivity (Wildman–Crippen MR) is 57.9 cm³/mol. The fourth-order valence-electron chi connectivity index (χ4n) is 1.79. The van der Waals surface area contributed by atoms with Crippen molar-refractivity contribution in [2.24, 2.45) is 0 Å². The van der Waals surface area contributed by atoms with Crippen LogP contribution in [0.4, 0.5) is 0 Å². The molecule has 0 aromatic heterocycles. The number of hydrogen-bond acceptors (Lipinski definition) is 9. The second kappa shape index (κ2) is 6.68. The Bertz CT molecular complexity index is 307. The minimum Gasteiger partial charge on any atom is -0.394 e.